The zero-order valence-electron chi connectivity index (χ0n) is 17.9. The molecule has 2 aromatic carbocycles. The number of aryl methyl sites for hydroxylation is 1. The molecule has 0 saturated heterocycles. The first-order valence-electron chi connectivity index (χ1n) is 11.2. The summed E-state index contributed by atoms with van der Waals surface area (Å²) in [6.45, 7) is 2.00. The zero-order chi connectivity index (χ0) is 21.7. The number of carbonyl (C=O) groups excluding carboxylic acids is 1. The van der Waals surface area contributed by atoms with E-state index in [1.54, 1.807) is 16.0 Å². The van der Waals surface area contributed by atoms with E-state index >= 15 is 0 Å². The number of thiazole rings is 1. The predicted molar refractivity (Wildman–Crippen MR) is 126 cm³/mol. The van der Waals surface area contributed by atoms with Gasteiger partial charge in [-0.25, -0.2) is 4.98 Å². The molecule has 6 nitrogen and oxygen atoms in total. The monoisotopic (exact) mass is 444 g/mol. The molecule has 3 heterocycles. The van der Waals surface area contributed by atoms with Crippen molar-refractivity contribution in [2.24, 2.45) is 0 Å². The number of hydrogen-bond acceptors (Lipinski definition) is 5. The van der Waals surface area contributed by atoms with Gasteiger partial charge in [0.1, 0.15) is 11.6 Å². The van der Waals surface area contributed by atoms with E-state index in [-0.39, 0.29) is 11.8 Å². The van der Waals surface area contributed by atoms with Gasteiger partial charge in [0.05, 0.1) is 22.0 Å². The number of nitrogens with zero attached hydrogens (tertiary/aromatic N) is 3. The Morgan fingerprint density at radius 3 is 2.66 bits per heavy atom. The van der Waals surface area contributed by atoms with Crippen LogP contribution in [0.5, 0.6) is 5.75 Å². The molecular weight excluding hydrogens is 420 g/mol. The lowest BCUT2D eigenvalue weighted by Gasteiger charge is -2.24. The number of carbonyl (C=O) groups is 1. The van der Waals surface area contributed by atoms with Crippen LogP contribution in [-0.4, -0.2) is 26.8 Å². The molecule has 1 aliphatic carbocycles. The first kappa shape index (κ1) is 19.5. The minimum absolute atomic E-state index is 0.00366. The number of amides is 1. The fraction of sp³-hybridized carbons (Fsp3) is 0.320. The van der Waals surface area contributed by atoms with Crippen LogP contribution in [0, 0.1) is 6.92 Å². The summed E-state index contributed by atoms with van der Waals surface area (Å²) in [6.07, 6.45) is 5.52. The molecule has 1 aliphatic heterocycles. The molecule has 0 unspecified atom stereocenters. The van der Waals surface area contributed by atoms with Crippen molar-refractivity contribution in [2.45, 2.75) is 51.0 Å². The van der Waals surface area contributed by atoms with E-state index < -0.39 is 0 Å². The highest BCUT2D eigenvalue weighted by Crippen LogP contribution is 2.41. The van der Waals surface area contributed by atoms with E-state index in [2.05, 4.69) is 23.5 Å². The number of benzene rings is 2. The molecule has 1 amide bonds. The van der Waals surface area contributed by atoms with E-state index in [0.29, 0.717) is 12.5 Å². The van der Waals surface area contributed by atoms with Crippen LogP contribution in [0.1, 0.15) is 54.8 Å². The van der Waals surface area contributed by atoms with Gasteiger partial charge >= 0.3 is 0 Å². The number of ether oxygens (including phenoxy) is 1. The minimum atomic E-state index is -0.0394. The lowest BCUT2D eigenvalue weighted by molar-refractivity contribution is -0.116. The minimum Gasteiger partial charge on any atom is -0.490 e. The molecule has 1 N–H and O–H groups in total. The van der Waals surface area contributed by atoms with Crippen molar-refractivity contribution in [3.8, 4) is 10.9 Å². The average molecular weight is 445 g/mol. The van der Waals surface area contributed by atoms with E-state index in [1.165, 1.54) is 12.8 Å². The average Bonchev–Trinajstić information content (AvgIpc) is 3.53. The third-order valence-corrected chi connectivity index (χ3v) is 7.47. The van der Waals surface area contributed by atoms with Crippen molar-refractivity contribution < 1.29 is 9.53 Å². The molecule has 0 radical (unpaired) electrons. The van der Waals surface area contributed by atoms with Gasteiger partial charge in [0.25, 0.3) is 0 Å². The number of para-hydroxylation sites is 1. The van der Waals surface area contributed by atoms with Crippen LogP contribution in [0.25, 0.3) is 15.3 Å². The van der Waals surface area contributed by atoms with E-state index in [1.807, 2.05) is 37.3 Å². The number of rotatable bonds is 4. The third-order valence-electron chi connectivity index (χ3n) is 6.45. The molecule has 1 fully saturated rings. The maximum atomic E-state index is 12.7. The molecule has 7 heteroatoms. The van der Waals surface area contributed by atoms with E-state index in [9.17, 15) is 4.79 Å². The summed E-state index contributed by atoms with van der Waals surface area (Å²) < 4.78 is 9.01. The fourth-order valence-electron chi connectivity index (χ4n) is 4.90. The predicted octanol–water partition coefficient (Wildman–Crippen LogP) is 5.59. The quantitative estimate of drug-likeness (QED) is 0.446. The first-order valence-corrected chi connectivity index (χ1v) is 12.0. The van der Waals surface area contributed by atoms with Crippen molar-refractivity contribution in [3.63, 3.8) is 0 Å². The maximum absolute atomic E-state index is 12.7. The second kappa shape index (κ2) is 7.74. The number of aromatic nitrogens is 3. The molecule has 1 atom stereocenters. The molecule has 162 valence electrons. The summed E-state index contributed by atoms with van der Waals surface area (Å²) in [5.74, 6) is 1.59. The molecular formula is C25H24N4O2S. The molecule has 6 rings (SSSR count). The van der Waals surface area contributed by atoms with Crippen LogP contribution >= 0.6 is 11.3 Å². The molecule has 4 aromatic rings. The summed E-state index contributed by atoms with van der Waals surface area (Å²) in [6, 6.07) is 16.3. The second-order valence-electron chi connectivity index (χ2n) is 8.62. The second-order valence-corrected chi connectivity index (χ2v) is 9.63. The normalized spacial score (nSPS) is 18.7. The van der Waals surface area contributed by atoms with Gasteiger partial charge in [0.15, 0.2) is 0 Å². The molecule has 32 heavy (non-hydrogen) atoms. The Bertz CT molecular complexity index is 1270. The third kappa shape index (κ3) is 3.37. The largest absolute Gasteiger partial charge is 0.490 e. The lowest BCUT2D eigenvalue weighted by atomic mass is 9.86. The van der Waals surface area contributed by atoms with Crippen LogP contribution in [0.3, 0.4) is 0 Å². The van der Waals surface area contributed by atoms with Crippen molar-refractivity contribution in [1.82, 2.24) is 14.8 Å². The Morgan fingerprint density at radius 2 is 1.88 bits per heavy atom. The zero-order valence-corrected chi connectivity index (χ0v) is 18.7. The Hall–Kier alpha value is -3.19. The molecule has 2 aromatic heterocycles. The number of anilines is 1. The summed E-state index contributed by atoms with van der Waals surface area (Å²) in [5, 5.41) is 8.60. The van der Waals surface area contributed by atoms with Gasteiger partial charge < -0.3 is 10.1 Å². The van der Waals surface area contributed by atoms with Gasteiger partial charge in [-0.05, 0) is 62.4 Å². The summed E-state index contributed by atoms with van der Waals surface area (Å²) >= 11 is 1.57. The highest BCUT2D eigenvalue weighted by molar-refractivity contribution is 7.20. The number of hydrogen-bond donors (Lipinski definition) is 1. The molecule has 0 bridgehead atoms. The van der Waals surface area contributed by atoms with Crippen molar-refractivity contribution >= 4 is 33.3 Å². The van der Waals surface area contributed by atoms with Crippen LogP contribution < -0.4 is 10.1 Å². The Labute approximate surface area is 190 Å². The lowest BCUT2D eigenvalue weighted by Crippen LogP contribution is -2.24. The van der Waals surface area contributed by atoms with Gasteiger partial charge in [0, 0.05) is 17.9 Å². The number of fused-ring (bicyclic) bond motifs is 2. The number of nitrogens with one attached hydrogen (secondary N) is 1. The van der Waals surface area contributed by atoms with Gasteiger partial charge in [-0.1, -0.05) is 35.6 Å². The van der Waals surface area contributed by atoms with Gasteiger partial charge in [-0.15, -0.1) is 0 Å². The fourth-order valence-corrected chi connectivity index (χ4v) is 5.82. The SMILES string of the molecule is Cc1nn(-c2nc3ccccc3s2)c2c1[C@@H](c1ccc(OC3CCCC3)cc1)CC(=O)N2. The van der Waals surface area contributed by atoms with Gasteiger partial charge in [-0.3, -0.25) is 4.79 Å². The van der Waals surface area contributed by atoms with Crippen LogP contribution in [-0.2, 0) is 4.79 Å². The summed E-state index contributed by atoms with van der Waals surface area (Å²) in [5.41, 5.74) is 4.02. The maximum Gasteiger partial charge on any atom is 0.226 e. The highest BCUT2D eigenvalue weighted by Gasteiger charge is 2.33. The highest BCUT2D eigenvalue weighted by atomic mass is 32.1. The van der Waals surface area contributed by atoms with Crippen LogP contribution in [0.15, 0.2) is 48.5 Å². The molecule has 2 aliphatic rings. The van der Waals surface area contributed by atoms with Crippen molar-refractivity contribution in [3.05, 3.63) is 65.4 Å². The van der Waals surface area contributed by atoms with E-state index in [4.69, 9.17) is 14.8 Å². The van der Waals surface area contributed by atoms with E-state index in [0.717, 1.165) is 56.6 Å². The standard InChI is InChI=1S/C25H24N4O2S/c1-15-23-19(16-10-12-18(13-11-16)31-17-6-2-3-7-17)14-22(30)27-24(23)29(28-15)25-26-20-8-4-5-9-21(20)32-25/h4-5,8-13,17,19H,2-3,6-7,14H2,1H3,(H,27,30)/t19-/m1/s1. The Balaban J connectivity index is 1.36. The van der Waals surface area contributed by atoms with Crippen molar-refractivity contribution in [1.29, 1.82) is 0 Å². The Kier molecular flexibility index (Phi) is 4.72. The summed E-state index contributed by atoms with van der Waals surface area (Å²) in [7, 11) is 0. The molecule has 0 spiro atoms. The smallest absolute Gasteiger partial charge is 0.226 e. The van der Waals surface area contributed by atoms with Gasteiger partial charge in [-0.2, -0.15) is 9.78 Å². The topological polar surface area (TPSA) is 69.0 Å². The Morgan fingerprint density at radius 1 is 1.09 bits per heavy atom. The van der Waals surface area contributed by atoms with Crippen molar-refractivity contribution in [2.75, 3.05) is 5.32 Å². The van der Waals surface area contributed by atoms with Crippen LogP contribution in [0.4, 0.5) is 5.82 Å². The molecule has 1 saturated carbocycles. The first-order chi connectivity index (χ1) is 15.7. The van der Waals surface area contributed by atoms with Crippen LogP contribution in [0.2, 0.25) is 0 Å². The van der Waals surface area contributed by atoms with Gasteiger partial charge in [0.2, 0.25) is 11.0 Å². The summed E-state index contributed by atoms with van der Waals surface area (Å²) in [4.78, 5) is 17.4.